The topological polar surface area (TPSA) is 61.9 Å². The van der Waals surface area contributed by atoms with Crippen molar-refractivity contribution in [2.45, 2.75) is 37.8 Å². The van der Waals surface area contributed by atoms with Crippen LogP contribution in [0, 0.1) is 0 Å². The number of rotatable bonds is 8. The van der Waals surface area contributed by atoms with Crippen LogP contribution in [0.5, 0.6) is 0 Å². The van der Waals surface area contributed by atoms with Crippen molar-refractivity contribution in [3.05, 3.63) is 57.8 Å². The van der Waals surface area contributed by atoms with E-state index in [1.54, 1.807) is 18.4 Å². The van der Waals surface area contributed by atoms with Crippen LogP contribution in [0.4, 0.5) is 0 Å². The highest BCUT2D eigenvalue weighted by molar-refractivity contribution is 7.10. The Bertz CT molecular complexity index is 901. The molecule has 1 aromatic heterocycles. The number of nitrogens with one attached hydrogen (secondary N) is 1. The van der Waals surface area contributed by atoms with Gasteiger partial charge in [0.25, 0.3) is 5.91 Å². The summed E-state index contributed by atoms with van der Waals surface area (Å²) in [5.41, 5.74) is 1.43. The Morgan fingerprint density at radius 2 is 2.10 bits per heavy atom. The fourth-order valence-electron chi connectivity index (χ4n) is 4.96. The standard InChI is InChI=1S/C24H31N3O3S/c1-3-26-12-6-8-17(26)16-25-23(28)21-18-9-4-5-10-19(18)24(29)27(13-14-30-2)22(21)20-11-7-15-31-20/h4-5,7,9-11,15,17,21-22H,3,6,8,12-14,16H2,1-2H3,(H,25,28)/t17-,21-,22+/m1/s1. The second kappa shape index (κ2) is 9.94. The number of carbonyl (C=O) groups is 2. The normalized spacial score (nSPS) is 23.7. The molecule has 166 valence electrons. The minimum atomic E-state index is -0.444. The van der Waals surface area contributed by atoms with Gasteiger partial charge in [-0.15, -0.1) is 11.3 Å². The molecule has 2 aromatic rings. The van der Waals surface area contributed by atoms with Crippen molar-refractivity contribution >= 4 is 23.2 Å². The average Bonchev–Trinajstić information content (AvgIpc) is 3.48. The number of benzene rings is 1. The minimum Gasteiger partial charge on any atom is -0.383 e. The number of carbonyl (C=O) groups excluding carboxylic acids is 2. The predicted octanol–water partition coefficient (Wildman–Crippen LogP) is 3.28. The summed E-state index contributed by atoms with van der Waals surface area (Å²) in [6, 6.07) is 11.6. The van der Waals surface area contributed by atoms with E-state index in [4.69, 9.17) is 4.74 Å². The molecule has 0 bridgehead atoms. The number of methoxy groups -OCH3 is 1. The number of likely N-dealkylation sites (tertiary alicyclic amines) is 1. The van der Waals surface area contributed by atoms with E-state index in [1.807, 2.05) is 46.7 Å². The molecular weight excluding hydrogens is 410 g/mol. The summed E-state index contributed by atoms with van der Waals surface area (Å²) in [4.78, 5) is 32.3. The van der Waals surface area contributed by atoms with Gasteiger partial charge in [0.2, 0.25) is 5.91 Å². The number of thiophene rings is 1. The van der Waals surface area contributed by atoms with Crippen molar-refractivity contribution < 1.29 is 14.3 Å². The van der Waals surface area contributed by atoms with Gasteiger partial charge in [-0.2, -0.15) is 0 Å². The number of ether oxygens (including phenoxy) is 1. The number of fused-ring (bicyclic) bond motifs is 1. The lowest BCUT2D eigenvalue weighted by Crippen LogP contribution is -2.49. The van der Waals surface area contributed by atoms with E-state index < -0.39 is 5.92 Å². The van der Waals surface area contributed by atoms with Crippen LogP contribution in [-0.2, 0) is 9.53 Å². The van der Waals surface area contributed by atoms with Gasteiger partial charge in [-0.25, -0.2) is 0 Å². The fraction of sp³-hybridized carbons (Fsp3) is 0.500. The third-order valence-electron chi connectivity index (χ3n) is 6.51. The lowest BCUT2D eigenvalue weighted by molar-refractivity contribution is -0.124. The molecular formula is C24H31N3O3S. The Balaban J connectivity index is 1.67. The smallest absolute Gasteiger partial charge is 0.254 e. The van der Waals surface area contributed by atoms with E-state index in [9.17, 15) is 9.59 Å². The fourth-order valence-corrected chi connectivity index (χ4v) is 5.83. The van der Waals surface area contributed by atoms with Gasteiger partial charge in [-0.1, -0.05) is 31.2 Å². The molecule has 0 spiro atoms. The third-order valence-corrected chi connectivity index (χ3v) is 7.45. The number of nitrogens with zero attached hydrogens (tertiary/aromatic N) is 2. The molecule has 1 fully saturated rings. The van der Waals surface area contributed by atoms with Crippen LogP contribution in [0.2, 0.25) is 0 Å². The first-order valence-electron chi connectivity index (χ1n) is 11.1. The number of hydrogen-bond acceptors (Lipinski definition) is 5. The summed E-state index contributed by atoms with van der Waals surface area (Å²) in [7, 11) is 1.63. The van der Waals surface area contributed by atoms with Crippen molar-refractivity contribution in [3.63, 3.8) is 0 Å². The van der Waals surface area contributed by atoms with Crippen LogP contribution < -0.4 is 5.32 Å². The number of likely N-dealkylation sites (N-methyl/N-ethyl adjacent to an activating group) is 1. The molecule has 3 atom stereocenters. The van der Waals surface area contributed by atoms with Gasteiger partial charge in [0, 0.05) is 36.7 Å². The monoisotopic (exact) mass is 441 g/mol. The molecule has 1 saturated heterocycles. The van der Waals surface area contributed by atoms with Gasteiger partial charge in [-0.05, 0) is 49.0 Å². The number of hydrogen-bond donors (Lipinski definition) is 1. The molecule has 0 aliphatic carbocycles. The van der Waals surface area contributed by atoms with Crippen LogP contribution in [0.25, 0.3) is 0 Å². The van der Waals surface area contributed by atoms with Gasteiger partial charge in [-0.3, -0.25) is 14.5 Å². The third kappa shape index (κ3) is 4.40. The zero-order chi connectivity index (χ0) is 21.8. The summed E-state index contributed by atoms with van der Waals surface area (Å²) in [5.74, 6) is -0.493. The predicted molar refractivity (Wildman–Crippen MR) is 122 cm³/mol. The van der Waals surface area contributed by atoms with Crippen molar-refractivity contribution in [2.24, 2.45) is 0 Å². The molecule has 0 radical (unpaired) electrons. The van der Waals surface area contributed by atoms with Gasteiger partial charge >= 0.3 is 0 Å². The lowest BCUT2D eigenvalue weighted by atomic mass is 9.81. The Hall–Kier alpha value is -2.22. The highest BCUT2D eigenvalue weighted by Gasteiger charge is 2.44. The van der Waals surface area contributed by atoms with Crippen molar-refractivity contribution in [2.75, 3.05) is 39.9 Å². The number of amides is 2. The van der Waals surface area contributed by atoms with E-state index >= 15 is 0 Å². The van der Waals surface area contributed by atoms with Crippen molar-refractivity contribution in [1.82, 2.24) is 15.1 Å². The maximum atomic E-state index is 13.6. The van der Waals surface area contributed by atoms with E-state index in [1.165, 1.54) is 6.42 Å². The van der Waals surface area contributed by atoms with Crippen molar-refractivity contribution in [3.8, 4) is 0 Å². The maximum Gasteiger partial charge on any atom is 0.254 e. The molecule has 1 N–H and O–H groups in total. The Morgan fingerprint density at radius 1 is 1.26 bits per heavy atom. The van der Waals surface area contributed by atoms with Gasteiger partial charge in [0.15, 0.2) is 0 Å². The van der Waals surface area contributed by atoms with E-state index in [0.29, 0.717) is 31.3 Å². The van der Waals surface area contributed by atoms with Gasteiger partial charge < -0.3 is 15.0 Å². The second-order valence-corrected chi connectivity index (χ2v) is 9.17. The maximum absolute atomic E-state index is 13.6. The van der Waals surface area contributed by atoms with Crippen molar-refractivity contribution in [1.29, 1.82) is 0 Å². The summed E-state index contributed by atoms with van der Waals surface area (Å²) in [6.07, 6.45) is 2.29. The first kappa shape index (κ1) is 22.0. The Kier molecular flexibility index (Phi) is 7.05. The molecule has 4 rings (SSSR count). The van der Waals surface area contributed by atoms with Crippen LogP contribution in [0.15, 0.2) is 41.8 Å². The summed E-state index contributed by atoms with van der Waals surface area (Å²) >= 11 is 1.59. The average molecular weight is 442 g/mol. The largest absolute Gasteiger partial charge is 0.383 e. The van der Waals surface area contributed by atoms with Gasteiger partial charge in [0.05, 0.1) is 18.6 Å². The summed E-state index contributed by atoms with van der Waals surface area (Å²) < 4.78 is 5.28. The van der Waals surface area contributed by atoms with Crippen LogP contribution in [0.1, 0.15) is 52.5 Å². The van der Waals surface area contributed by atoms with E-state index in [-0.39, 0.29) is 17.9 Å². The molecule has 2 amide bonds. The van der Waals surface area contributed by atoms with Crippen LogP contribution in [0.3, 0.4) is 0 Å². The molecule has 0 saturated carbocycles. The zero-order valence-electron chi connectivity index (χ0n) is 18.3. The zero-order valence-corrected chi connectivity index (χ0v) is 19.1. The highest BCUT2D eigenvalue weighted by Crippen LogP contribution is 2.44. The van der Waals surface area contributed by atoms with Gasteiger partial charge in [0.1, 0.15) is 0 Å². The molecule has 3 heterocycles. The van der Waals surface area contributed by atoms with E-state index in [0.717, 1.165) is 30.0 Å². The summed E-state index contributed by atoms with van der Waals surface area (Å²) in [6.45, 7) is 5.79. The lowest BCUT2D eigenvalue weighted by Gasteiger charge is -2.41. The Morgan fingerprint density at radius 3 is 2.84 bits per heavy atom. The first-order chi connectivity index (χ1) is 15.2. The second-order valence-electron chi connectivity index (χ2n) is 8.19. The Labute approximate surface area is 188 Å². The molecule has 2 aliphatic heterocycles. The van der Waals surface area contributed by atoms with Crippen LogP contribution >= 0.6 is 11.3 Å². The molecule has 31 heavy (non-hydrogen) atoms. The molecule has 7 heteroatoms. The quantitative estimate of drug-likeness (QED) is 0.683. The highest BCUT2D eigenvalue weighted by atomic mass is 32.1. The molecule has 6 nitrogen and oxygen atoms in total. The molecule has 0 unspecified atom stereocenters. The molecule has 1 aromatic carbocycles. The first-order valence-corrected chi connectivity index (χ1v) is 12.0. The minimum absolute atomic E-state index is 0.0104. The summed E-state index contributed by atoms with van der Waals surface area (Å²) in [5, 5.41) is 5.24. The van der Waals surface area contributed by atoms with Crippen LogP contribution in [-0.4, -0.2) is 67.6 Å². The molecule has 2 aliphatic rings. The SMILES string of the molecule is CCN1CCC[C@@H]1CNC(=O)[C@@H]1c2ccccc2C(=O)N(CCOC)[C@H]1c1cccs1. The van der Waals surface area contributed by atoms with E-state index in [2.05, 4.69) is 17.1 Å².